The van der Waals surface area contributed by atoms with E-state index in [9.17, 15) is 4.79 Å². The van der Waals surface area contributed by atoms with Crippen molar-refractivity contribution in [1.82, 2.24) is 9.78 Å². The smallest absolute Gasteiger partial charge is 0.411 e. The lowest BCUT2D eigenvalue weighted by molar-refractivity contribution is 0.187. The number of benzene rings is 2. The van der Waals surface area contributed by atoms with Gasteiger partial charge in [0.15, 0.2) is 0 Å². The molecule has 24 heavy (non-hydrogen) atoms. The van der Waals surface area contributed by atoms with Crippen LogP contribution in [0.15, 0.2) is 67.0 Å². The minimum Gasteiger partial charge on any atom is -0.489 e. The van der Waals surface area contributed by atoms with E-state index in [2.05, 4.69) is 15.2 Å². The fourth-order valence-corrected chi connectivity index (χ4v) is 2.14. The van der Waals surface area contributed by atoms with E-state index in [1.54, 1.807) is 35.1 Å². The van der Waals surface area contributed by atoms with Gasteiger partial charge >= 0.3 is 6.09 Å². The number of aromatic nitrogens is 2. The Hall–Kier alpha value is -3.28. The Morgan fingerprint density at radius 3 is 2.50 bits per heavy atom. The lowest BCUT2D eigenvalue weighted by atomic mass is 10.2. The number of methoxy groups -OCH3 is 1. The molecule has 2 aromatic carbocycles. The van der Waals surface area contributed by atoms with Gasteiger partial charge in [0.05, 0.1) is 12.8 Å². The number of carbonyl (C=O) groups excluding carboxylic acids is 1. The van der Waals surface area contributed by atoms with Gasteiger partial charge < -0.3 is 9.47 Å². The van der Waals surface area contributed by atoms with Crippen LogP contribution in [0.1, 0.15) is 5.56 Å². The summed E-state index contributed by atoms with van der Waals surface area (Å²) in [6.45, 7) is 0.461. The lowest BCUT2D eigenvalue weighted by Gasteiger charge is -2.09. The molecule has 0 unspecified atom stereocenters. The number of anilines is 1. The third kappa shape index (κ3) is 3.92. The van der Waals surface area contributed by atoms with Gasteiger partial charge in [-0.15, -0.1) is 0 Å². The van der Waals surface area contributed by atoms with Crippen molar-refractivity contribution in [2.45, 2.75) is 6.61 Å². The van der Waals surface area contributed by atoms with Crippen molar-refractivity contribution >= 4 is 11.8 Å². The first-order chi connectivity index (χ1) is 11.7. The van der Waals surface area contributed by atoms with E-state index in [4.69, 9.17) is 4.74 Å². The predicted molar refractivity (Wildman–Crippen MR) is 90.4 cm³/mol. The summed E-state index contributed by atoms with van der Waals surface area (Å²) >= 11 is 0. The van der Waals surface area contributed by atoms with E-state index in [0.29, 0.717) is 12.3 Å². The number of hydrogen-bond donors (Lipinski definition) is 1. The van der Waals surface area contributed by atoms with Crippen molar-refractivity contribution in [1.29, 1.82) is 0 Å². The molecule has 6 nitrogen and oxygen atoms in total. The molecule has 1 amide bonds. The average molecular weight is 323 g/mol. The van der Waals surface area contributed by atoms with Gasteiger partial charge in [-0.25, -0.2) is 9.48 Å². The van der Waals surface area contributed by atoms with Crippen molar-refractivity contribution in [3.8, 4) is 11.4 Å². The van der Waals surface area contributed by atoms with E-state index < -0.39 is 6.09 Å². The van der Waals surface area contributed by atoms with E-state index in [0.717, 1.165) is 17.0 Å². The van der Waals surface area contributed by atoms with Crippen LogP contribution in [0.4, 0.5) is 10.5 Å². The molecule has 0 fully saturated rings. The molecule has 0 radical (unpaired) electrons. The fraction of sp³-hybridized carbons (Fsp3) is 0.111. The van der Waals surface area contributed by atoms with E-state index in [1.165, 1.54) is 7.11 Å². The zero-order chi connectivity index (χ0) is 16.8. The second-order valence-electron chi connectivity index (χ2n) is 5.05. The maximum atomic E-state index is 11.1. The molecule has 0 spiro atoms. The zero-order valence-corrected chi connectivity index (χ0v) is 13.2. The molecule has 1 aromatic heterocycles. The van der Waals surface area contributed by atoms with Gasteiger partial charge in [0.1, 0.15) is 12.4 Å². The standard InChI is InChI=1S/C18H17N3O3/c1-23-18(22)20-15-5-9-17(10-6-15)24-13-14-3-7-16(8-4-14)21-12-2-11-19-21/h2-12H,13H2,1H3,(H,20,22). The van der Waals surface area contributed by atoms with E-state index in [1.807, 2.05) is 36.5 Å². The maximum Gasteiger partial charge on any atom is 0.411 e. The van der Waals surface area contributed by atoms with Crippen LogP contribution in [-0.2, 0) is 11.3 Å². The molecule has 0 aliphatic carbocycles. The number of ether oxygens (including phenoxy) is 2. The average Bonchev–Trinajstić information content (AvgIpc) is 3.16. The van der Waals surface area contributed by atoms with Gasteiger partial charge in [0, 0.05) is 18.1 Å². The van der Waals surface area contributed by atoms with Crippen molar-refractivity contribution < 1.29 is 14.3 Å². The summed E-state index contributed by atoms with van der Waals surface area (Å²) in [4.78, 5) is 11.1. The third-order valence-corrected chi connectivity index (χ3v) is 3.40. The number of amides is 1. The van der Waals surface area contributed by atoms with Gasteiger partial charge in [-0.05, 0) is 48.0 Å². The number of carbonyl (C=O) groups is 1. The van der Waals surface area contributed by atoms with Gasteiger partial charge in [0.25, 0.3) is 0 Å². The SMILES string of the molecule is COC(=O)Nc1ccc(OCc2ccc(-n3cccn3)cc2)cc1. The molecule has 0 saturated carbocycles. The Morgan fingerprint density at radius 1 is 1.12 bits per heavy atom. The summed E-state index contributed by atoms with van der Waals surface area (Å²) in [5, 5.41) is 6.78. The normalized spacial score (nSPS) is 10.2. The van der Waals surface area contributed by atoms with Gasteiger partial charge in [0.2, 0.25) is 0 Å². The highest BCUT2D eigenvalue weighted by atomic mass is 16.5. The Balaban J connectivity index is 1.56. The largest absolute Gasteiger partial charge is 0.489 e. The molecule has 122 valence electrons. The first-order valence-electron chi connectivity index (χ1n) is 7.41. The first-order valence-corrected chi connectivity index (χ1v) is 7.41. The molecule has 0 aliphatic heterocycles. The number of rotatable bonds is 5. The second-order valence-corrected chi connectivity index (χ2v) is 5.05. The molecule has 0 aliphatic rings. The van der Waals surface area contributed by atoms with E-state index in [-0.39, 0.29) is 0 Å². The summed E-state index contributed by atoms with van der Waals surface area (Å²) in [5.74, 6) is 0.724. The quantitative estimate of drug-likeness (QED) is 0.778. The van der Waals surface area contributed by atoms with Gasteiger partial charge in [-0.2, -0.15) is 5.10 Å². The highest BCUT2D eigenvalue weighted by Crippen LogP contribution is 2.18. The minimum absolute atomic E-state index is 0.461. The number of nitrogens with one attached hydrogen (secondary N) is 1. The molecule has 1 heterocycles. The Kier molecular flexibility index (Phi) is 4.76. The second kappa shape index (κ2) is 7.32. The van der Waals surface area contributed by atoms with Crippen LogP contribution in [0.5, 0.6) is 5.75 Å². The molecule has 3 aromatic rings. The van der Waals surface area contributed by atoms with E-state index >= 15 is 0 Å². The molecule has 0 saturated heterocycles. The molecule has 1 N–H and O–H groups in total. The molecule has 0 bridgehead atoms. The number of nitrogens with zero attached hydrogens (tertiary/aromatic N) is 2. The minimum atomic E-state index is -0.499. The predicted octanol–water partition coefficient (Wildman–Crippen LogP) is 3.63. The summed E-state index contributed by atoms with van der Waals surface area (Å²) in [7, 11) is 1.32. The van der Waals surface area contributed by atoms with Gasteiger partial charge in [-0.3, -0.25) is 5.32 Å². The molecule has 0 atom stereocenters. The van der Waals surface area contributed by atoms with Crippen LogP contribution in [0.25, 0.3) is 5.69 Å². The molecular weight excluding hydrogens is 306 g/mol. The summed E-state index contributed by atoms with van der Waals surface area (Å²) in [6, 6.07) is 17.0. The van der Waals surface area contributed by atoms with Crippen LogP contribution in [0, 0.1) is 0 Å². The number of hydrogen-bond acceptors (Lipinski definition) is 4. The van der Waals surface area contributed by atoms with Crippen LogP contribution < -0.4 is 10.1 Å². The lowest BCUT2D eigenvalue weighted by Crippen LogP contribution is -2.10. The van der Waals surface area contributed by atoms with Gasteiger partial charge in [-0.1, -0.05) is 12.1 Å². The van der Waals surface area contributed by atoms with Crippen LogP contribution in [0.3, 0.4) is 0 Å². The monoisotopic (exact) mass is 323 g/mol. The van der Waals surface area contributed by atoms with Crippen LogP contribution in [-0.4, -0.2) is 23.0 Å². The van der Waals surface area contributed by atoms with Crippen molar-refractivity contribution in [2.75, 3.05) is 12.4 Å². The van der Waals surface area contributed by atoms with Crippen LogP contribution >= 0.6 is 0 Å². The highest BCUT2D eigenvalue weighted by molar-refractivity contribution is 5.84. The first kappa shape index (κ1) is 15.6. The van der Waals surface area contributed by atoms with Crippen molar-refractivity contribution in [3.63, 3.8) is 0 Å². The van der Waals surface area contributed by atoms with Crippen LogP contribution in [0.2, 0.25) is 0 Å². The molecule has 6 heteroatoms. The topological polar surface area (TPSA) is 65.4 Å². The Labute approximate surface area is 139 Å². The summed E-state index contributed by atoms with van der Waals surface area (Å²) in [5.41, 5.74) is 2.71. The Bertz CT molecular complexity index is 781. The zero-order valence-electron chi connectivity index (χ0n) is 13.2. The molecule has 3 rings (SSSR count). The summed E-state index contributed by atoms with van der Waals surface area (Å²) < 4.78 is 12.1. The highest BCUT2D eigenvalue weighted by Gasteiger charge is 2.02. The third-order valence-electron chi connectivity index (χ3n) is 3.40. The maximum absolute atomic E-state index is 11.1. The Morgan fingerprint density at radius 2 is 1.88 bits per heavy atom. The summed E-state index contributed by atoms with van der Waals surface area (Å²) in [6.07, 6.45) is 3.14. The van der Waals surface area contributed by atoms with Crippen molar-refractivity contribution in [3.05, 3.63) is 72.6 Å². The molecular formula is C18H17N3O3. The fourth-order valence-electron chi connectivity index (χ4n) is 2.14. The van der Waals surface area contributed by atoms with Crippen molar-refractivity contribution in [2.24, 2.45) is 0 Å².